The Labute approximate surface area is 255 Å². The minimum atomic E-state index is -4.10. The number of ether oxygens (including phenoxy) is 3. The van der Waals surface area contributed by atoms with Crippen LogP contribution in [0.15, 0.2) is 65.3 Å². The molecule has 0 bridgehead atoms. The first kappa shape index (κ1) is 33.9. The molecule has 0 heterocycles. The third-order valence-electron chi connectivity index (χ3n) is 6.58. The number of nitrogens with one attached hydrogen (secondary N) is 2. The van der Waals surface area contributed by atoms with Crippen molar-refractivity contribution in [1.82, 2.24) is 4.72 Å². The first-order valence-corrected chi connectivity index (χ1v) is 17.6. The maximum absolute atomic E-state index is 12.7. The Morgan fingerprint density at radius 3 is 2.31 bits per heavy atom. The third kappa shape index (κ3) is 10.6. The number of aliphatic hydroxyl groups excluding tert-OH is 2. The fraction of sp³-hybridized carbons (Fsp3) is 0.448. The molecule has 10 nitrogen and oxygen atoms in total. The molecule has 1 aliphatic carbocycles. The maximum Gasteiger partial charge on any atom is 0.508 e. The van der Waals surface area contributed by atoms with Gasteiger partial charge >= 0.3 is 6.16 Å². The molecule has 1 unspecified atom stereocenters. The molecule has 2 aromatic rings. The molecule has 42 heavy (non-hydrogen) atoms. The van der Waals surface area contributed by atoms with E-state index in [2.05, 4.69) is 11.6 Å². The van der Waals surface area contributed by atoms with Crippen molar-refractivity contribution >= 4 is 49.1 Å². The predicted molar refractivity (Wildman–Crippen MR) is 166 cm³/mol. The summed E-state index contributed by atoms with van der Waals surface area (Å²) < 4.78 is 43.1. The van der Waals surface area contributed by atoms with E-state index in [0.29, 0.717) is 34.1 Å². The Morgan fingerprint density at radius 2 is 1.67 bits per heavy atom. The normalized spacial score (nSPS) is 18.5. The molecule has 1 fully saturated rings. The van der Waals surface area contributed by atoms with Crippen molar-refractivity contribution < 1.29 is 37.6 Å². The van der Waals surface area contributed by atoms with Gasteiger partial charge in [0.1, 0.15) is 12.7 Å². The molecule has 3 rings (SSSR count). The molecule has 0 spiro atoms. The Morgan fingerprint density at radius 1 is 1.02 bits per heavy atom. The van der Waals surface area contributed by atoms with Crippen molar-refractivity contribution in [3.05, 3.63) is 71.5 Å². The lowest BCUT2D eigenvalue weighted by molar-refractivity contribution is -0.0998. The fourth-order valence-corrected chi connectivity index (χ4v) is 7.04. The molecule has 0 aromatic heterocycles. The zero-order chi connectivity index (χ0) is 30.5. The largest absolute Gasteiger partial charge is 0.512 e. The number of aliphatic hydroxyl groups is 2. The predicted octanol–water partition coefficient (Wildman–Crippen LogP) is 5.73. The van der Waals surface area contributed by atoms with Gasteiger partial charge in [-0.05, 0) is 49.8 Å². The van der Waals surface area contributed by atoms with E-state index in [0.717, 1.165) is 19.3 Å². The topological polar surface area (TPSA) is 155 Å². The molecule has 13 heteroatoms. The molecule has 0 aliphatic heterocycles. The van der Waals surface area contributed by atoms with Gasteiger partial charge in [0, 0.05) is 22.6 Å². The van der Waals surface area contributed by atoms with Gasteiger partial charge in [-0.3, -0.25) is 5.41 Å². The molecule has 4 N–H and O–H groups in total. The highest BCUT2D eigenvalue weighted by molar-refractivity contribution is 8.76. The van der Waals surface area contributed by atoms with E-state index in [9.17, 15) is 23.4 Å². The van der Waals surface area contributed by atoms with Crippen LogP contribution in [0.25, 0.3) is 5.57 Å². The van der Waals surface area contributed by atoms with Crippen molar-refractivity contribution in [1.29, 1.82) is 5.41 Å². The summed E-state index contributed by atoms with van der Waals surface area (Å²) in [7, 11) is -1.21. The molecular weight excluding hydrogens is 601 g/mol. The van der Waals surface area contributed by atoms with Gasteiger partial charge in [0.05, 0.1) is 23.0 Å². The van der Waals surface area contributed by atoms with Gasteiger partial charge in [-0.15, -0.1) is 0 Å². The third-order valence-corrected chi connectivity index (χ3v) is 10.3. The summed E-state index contributed by atoms with van der Waals surface area (Å²) in [6.07, 6.45) is 1.70. The molecule has 3 atom stereocenters. The standard InChI is InChI=1S/C29H38N2O8S3/c1-20-8-6-7-11-25(20)39-29(34)38-17-19-41-40-18-16-37-28(33)31-42(35,36)24-14-12-23(13-15-24)27(30)26(21(2)32)22-9-4-3-5-10-22/h3-5,9-10,12-15,20,25,28,30-33H,6-8,11,16-19H2,1-2H3/b26-21-,30-27?/t20-,25+,28?/m0/s1. The van der Waals surface area contributed by atoms with E-state index in [1.54, 1.807) is 24.3 Å². The minimum absolute atomic E-state index is 0.0287. The Bertz CT molecular complexity index is 1300. The van der Waals surface area contributed by atoms with E-state index in [1.807, 2.05) is 6.07 Å². The van der Waals surface area contributed by atoms with Crippen molar-refractivity contribution in [2.75, 3.05) is 24.7 Å². The van der Waals surface area contributed by atoms with E-state index in [-0.39, 0.29) is 35.7 Å². The van der Waals surface area contributed by atoms with Crippen LogP contribution in [0, 0.1) is 11.3 Å². The highest BCUT2D eigenvalue weighted by Gasteiger charge is 2.25. The highest BCUT2D eigenvalue weighted by Crippen LogP contribution is 2.27. The number of rotatable bonds is 15. The highest BCUT2D eigenvalue weighted by atomic mass is 33.1. The lowest BCUT2D eigenvalue weighted by atomic mass is 9.88. The van der Waals surface area contributed by atoms with Crippen molar-refractivity contribution in [2.45, 2.75) is 56.9 Å². The summed E-state index contributed by atoms with van der Waals surface area (Å²) in [5, 5.41) is 28.7. The zero-order valence-corrected chi connectivity index (χ0v) is 26.1. The molecule has 2 aromatic carbocycles. The van der Waals surface area contributed by atoms with Gasteiger partial charge in [-0.1, -0.05) is 77.4 Å². The second kappa shape index (κ2) is 16.9. The molecule has 0 radical (unpaired) electrons. The maximum atomic E-state index is 12.7. The van der Waals surface area contributed by atoms with Gasteiger partial charge in [0.2, 0.25) is 16.4 Å². The van der Waals surface area contributed by atoms with Crippen LogP contribution in [0.1, 0.15) is 50.7 Å². The van der Waals surface area contributed by atoms with E-state index < -0.39 is 22.6 Å². The quantitative estimate of drug-likeness (QED) is 0.0475. The van der Waals surface area contributed by atoms with Crippen LogP contribution in [-0.4, -0.2) is 67.7 Å². The number of allylic oxidation sites excluding steroid dienone is 2. The first-order chi connectivity index (χ1) is 20.1. The van der Waals surface area contributed by atoms with Crippen LogP contribution in [-0.2, 0) is 24.2 Å². The fourth-order valence-electron chi connectivity index (χ4n) is 4.40. The van der Waals surface area contributed by atoms with Crippen molar-refractivity contribution in [3.8, 4) is 0 Å². The Balaban J connectivity index is 1.35. The summed E-state index contributed by atoms with van der Waals surface area (Å²) in [6.45, 7) is 3.86. The lowest BCUT2D eigenvalue weighted by Crippen LogP contribution is -2.37. The lowest BCUT2D eigenvalue weighted by Gasteiger charge is -2.27. The average Bonchev–Trinajstić information content (AvgIpc) is 2.96. The molecule has 0 amide bonds. The van der Waals surface area contributed by atoms with Gasteiger partial charge < -0.3 is 24.4 Å². The summed E-state index contributed by atoms with van der Waals surface area (Å²) in [5.74, 6) is 1.33. The van der Waals surface area contributed by atoms with Crippen LogP contribution >= 0.6 is 21.6 Å². The van der Waals surface area contributed by atoms with Crippen LogP contribution in [0.4, 0.5) is 4.79 Å². The molecule has 230 valence electrons. The number of hydrogen-bond acceptors (Lipinski definition) is 11. The first-order valence-electron chi connectivity index (χ1n) is 13.6. The molecular formula is C29H38N2O8S3. The summed E-state index contributed by atoms with van der Waals surface area (Å²) >= 11 is 0. The number of benzene rings is 2. The van der Waals surface area contributed by atoms with Crippen LogP contribution in [0.3, 0.4) is 0 Å². The van der Waals surface area contributed by atoms with E-state index in [4.69, 9.17) is 19.6 Å². The van der Waals surface area contributed by atoms with Crippen LogP contribution in [0.5, 0.6) is 0 Å². The van der Waals surface area contributed by atoms with Crippen molar-refractivity contribution in [2.24, 2.45) is 5.92 Å². The van der Waals surface area contributed by atoms with Crippen molar-refractivity contribution in [3.63, 3.8) is 0 Å². The minimum Gasteiger partial charge on any atom is -0.512 e. The van der Waals surface area contributed by atoms with E-state index >= 15 is 0 Å². The number of carbonyl (C=O) groups is 1. The second-order valence-electron chi connectivity index (χ2n) is 9.73. The zero-order valence-electron chi connectivity index (χ0n) is 23.7. The number of carbonyl (C=O) groups excluding carboxylic acids is 1. The summed E-state index contributed by atoms with van der Waals surface area (Å²) in [4.78, 5) is 11.7. The number of hydrogen-bond donors (Lipinski definition) is 4. The Hall–Kier alpha value is -2.55. The van der Waals surface area contributed by atoms with Gasteiger partial charge in [0.25, 0.3) is 0 Å². The van der Waals surface area contributed by atoms with E-state index in [1.165, 1.54) is 59.2 Å². The van der Waals surface area contributed by atoms with Gasteiger partial charge in [-0.2, -0.15) is 4.72 Å². The molecule has 0 saturated heterocycles. The van der Waals surface area contributed by atoms with Gasteiger partial charge in [0.15, 0.2) is 0 Å². The average molecular weight is 639 g/mol. The smallest absolute Gasteiger partial charge is 0.508 e. The number of sulfonamides is 1. The summed E-state index contributed by atoms with van der Waals surface area (Å²) in [6, 6.07) is 14.5. The van der Waals surface area contributed by atoms with Gasteiger partial charge in [-0.25, -0.2) is 13.2 Å². The second-order valence-corrected chi connectivity index (χ2v) is 14.1. The summed E-state index contributed by atoms with van der Waals surface area (Å²) in [5.41, 5.74) is 1.45. The Kier molecular flexibility index (Phi) is 13.7. The molecule has 1 aliphatic rings. The molecule has 1 saturated carbocycles. The van der Waals surface area contributed by atoms with Crippen LogP contribution in [0.2, 0.25) is 0 Å². The monoisotopic (exact) mass is 638 g/mol. The SMILES string of the molecule is C/C(O)=C(/C(=N)c1ccc(S(=O)(=O)NC(O)OCCSSCCOC(=O)O[C@@H]2CCCC[C@@H]2C)cc1)c1ccccc1. The van der Waals surface area contributed by atoms with Crippen LogP contribution < -0.4 is 4.72 Å².